The molecule has 0 aromatic heterocycles. The Morgan fingerprint density at radius 3 is 2.93 bits per heavy atom. The van der Waals surface area contributed by atoms with Crippen molar-refractivity contribution >= 4 is 17.4 Å². The molecule has 1 atom stereocenters. The Kier molecular flexibility index (Phi) is 3.08. The highest BCUT2D eigenvalue weighted by Crippen LogP contribution is 2.22. The number of rotatable bonds is 2. The second-order valence-electron chi connectivity index (χ2n) is 3.89. The van der Waals surface area contributed by atoms with Crippen LogP contribution in [0.5, 0.6) is 0 Å². The number of aryl methyl sites for hydroxylation is 1. The van der Waals surface area contributed by atoms with Gasteiger partial charge in [0.25, 0.3) is 0 Å². The van der Waals surface area contributed by atoms with E-state index in [0.29, 0.717) is 18.2 Å². The van der Waals surface area contributed by atoms with Crippen LogP contribution in [0.1, 0.15) is 22.3 Å². The van der Waals surface area contributed by atoms with E-state index in [-0.39, 0.29) is 11.7 Å². The van der Waals surface area contributed by atoms with E-state index in [4.69, 9.17) is 16.3 Å². The molecule has 0 N–H and O–H groups in total. The van der Waals surface area contributed by atoms with Gasteiger partial charge in [-0.05, 0) is 37.1 Å². The zero-order valence-electron chi connectivity index (χ0n) is 8.63. The Labute approximate surface area is 94.2 Å². The van der Waals surface area contributed by atoms with E-state index < -0.39 is 0 Å². The molecule has 15 heavy (non-hydrogen) atoms. The van der Waals surface area contributed by atoms with Crippen molar-refractivity contribution in [2.45, 2.75) is 13.3 Å². The molecule has 2 nitrogen and oxygen atoms in total. The lowest BCUT2D eigenvalue weighted by atomic mass is 9.96. The molecule has 1 saturated heterocycles. The van der Waals surface area contributed by atoms with Crippen LogP contribution >= 0.6 is 11.6 Å². The van der Waals surface area contributed by atoms with Crippen LogP contribution in [-0.2, 0) is 4.74 Å². The van der Waals surface area contributed by atoms with Gasteiger partial charge in [-0.2, -0.15) is 0 Å². The maximum absolute atomic E-state index is 12.0. The van der Waals surface area contributed by atoms with E-state index >= 15 is 0 Å². The highest BCUT2D eigenvalue weighted by Gasteiger charge is 2.24. The molecule has 0 spiro atoms. The lowest BCUT2D eigenvalue weighted by Crippen LogP contribution is -2.14. The Bertz CT molecular complexity index is 381. The van der Waals surface area contributed by atoms with Crippen molar-refractivity contribution in [1.29, 1.82) is 0 Å². The number of carbonyl (C=O) groups excluding carboxylic acids is 1. The average Bonchev–Trinajstić information content (AvgIpc) is 2.74. The highest BCUT2D eigenvalue weighted by molar-refractivity contribution is 6.31. The summed E-state index contributed by atoms with van der Waals surface area (Å²) >= 11 is 5.91. The summed E-state index contributed by atoms with van der Waals surface area (Å²) in [4.78, 5) is 12.0. The number of hydrogen-bond acceptors (Lipinski definition) is 2. The van der Waals surface area contributed by atoms with E-state index in [1.165, 1.54) is 0 Å². The van der Waals surface area contributed by atoms with Gasteiger partial charge in [0.2, 0.25) is 0 Å². The van der Waals surface area contributed by atoms with Gasteiger partial charge in [0.05, 0.1) is 6.61 Å². The minimum Gasteiger partial charge on any atom is -0.381 e. The fourth-order valence-corrected chi connectivity index (χ4v) is 1.89. The second kappa shape index (κ2) is 4.33. The lowest BCUT2D eigenvalue weighted by molar-refractivity contribution is 0.0900. The molecule has 1 aliphatic heterocycles. The topological polar surface area (TPSA) is 26.3 Å². The molecule has 1 unspecified atom stereocenters. The molecular formula is C12H13ClO2. The van der Waals surface area contributed by atoms with E-state index in [2.05, 4.69) is 0 Å². The van der Waals surface area contributed by atoms with Crippen molar-refractivity contribution < 1.29 is 9.53 Å². The van der Waals surface area contributed by atoms with E-state index in [1.54, 1.807) is 12.1 Å². The SMILES string of the molecule is Cc1cc(C(=O)C2CCOC2)ccc1Cl. The van der Waals surface area contributed by atoms with Crippen LogP contribution < -0.4 is 0 Å². The van der Waals surface area contributed by atoms with Crippen LogP contribution in [0.3, 0.4) is 0 Å². The molecule has 0 saturated carbocycles. The third kappa shape index (κ3) is 2.21. The maximum Gasteiger partial charge on any atom is 0.168 e. The van der Waals surface area contributed by atoms with Gasteiger partial charge in [0.1, 0.15) is 0 Å². The first-order chi connectivity index (χ1) is 7.18. The predicted molar refractivity (Wildman–Crippen MR) is 59.4 cm³/mol. The summed E-state index contributed by atoms with van der Waals surface area (Å²) in [6.07, 6.45) is 0.834. The number of ketones is 1. The minimum absolute atomic E-state index is 0.0329. The van der Waals surface area contributed by atoms with Gasteiger partial charge in [-0.1, -0.05) is 11.6 Å². The number of benzene rings is 1. The number of Topliss-reactive ketones (excluding diaryl/α,β-unsaturated/α-hetero) is 1. The first-order valence-electron chi connectivity index (χ1n) is 5.06. The smallest absolute Gasteiger partial charge is 0.168 e. The van der Waals surface area contributed by atoms with E-state index in [1.807, 2.05) is 13.0 Å². The van der Waals surface area contributed by atoms with Crippen LogP contribution in [0.15, 0.2) is 18.2 Å². The summed E-state index contributed by atoms with van der Waals surface area (Å²) in [6, 6.07) is 5.42. The second-order valence-corrected chi connectivity index (χ2v) is 4.30. The minimum atomic E-state index is 0.0329. The fraction of sp³-hybridized carbons (Fsp3) is 0.417. The molecule has 1 fully saturated rings. The Balaban J connectivity index is 2.21. The Hall–Kier alpha value is -0.860. The van der Waals surface area contributed by atoms with Gasteiger partial charge in [0.15, 0.2) is 5.78 Å². The van der Waals surface area contributed by atoms with Gasteiger partial charge in [-0.3, -0.25) is 4.79 Å². The van der Waals surface area contributed by atoms with Gasteiger partial charge < -0.3 is 4.74 Å². The van der Waals surface area contributed by atoms with Crippen LogP contribution in [0.25, 0.3) is 0 Å². The largest absolute Gasteiger partial charge is 0.381 e. The molecule has 0 radical (unpaired) electrons. The number of ether oxygens (including phenoxy) is 1. The lowest BCUT2D eigenvalue weighted by Gasteiger charge is -2.07. The molecule has 1 aliphatic rings. The molecule has 80 valence electrons. The molecule has 1 aromatic rings. The third-order valence-corrected chi connectivity index (χ3v) is 3.17. The first-order valence-corrected chi connectivity index (χ1v) is 5.44. The van der Waals surface area contributed by atoms with Crippen LogP contribution in [0.2, 0.25) is 5.02 Å². The molecular weight excluding hydrogens is 212 g/mol. The standard InChI is InChI=1S/C12H13ClO2/c1-8-6-9(2-3-11(8)13)12(14)10-4-5-15-7-10/h2-3,6,10H,4-5,7H2,1H3. The summed E-state index contributed by atoms with van der Waals surface area (Å²) in [7, 11) is 0. The monoisotopic (exact) mass is 224 g/mol. The molecule has 2 rings (SSSR count). The van der Waals surface area contributed by atoms with Crippen molar-refractivity contribution in [2.75, 3.05) is 13.2 Å². The van der Waals surface area contributed by atoms with E-state index in [0.717, 1.165) is 17.5 Å². The summed E-state index contributed by atoms with van der Waals surface area (Å²) in [5.74, 6) is 0.206. The summed E-state index contributed by atoms with van der Waals surface area (Å²) in [5, 5.41) is 0.703. The highest BCUT2D eigenvalue weighted by atomic mass is 35.5. The maximum atomic E-state index is 12.0. The third-order valence-electron chi connectivity index (χ3n) is 2.74. The molecule has 0 amide bonds. The summed E-state index contributed by atoms with van der Waals surface area (Å²) in [5.41, 5.74) is 1.69. The Morgan fingerprint density at radius 2 is 2.33 bits per heavy atom. The van der Waals surface area contributed by atoms with Crippen molar-refractivity contribution in [3.63, 3.8) is 0 Å². The molecule has 1 heterocycles. The normalized spacial score (nSPS) is 20.5. The zero-order valence-corrected chi connectivity index (χ0v) is 9.38. The van der Waals surface area contributed by atoms with Gasteiger partial charge >= 0.3 is 0 Å². The molecule has 1 aromatic carbocycles. The summed E-state index contributed by atoms with van der Waals surface area (Å²) < 4.78 is 5.21. The predicted octanol–water partition coefficient (Wildman–Crippen LogP) is 2.87. The van der Waals surface area contributed by atoms with Gasteiger partial charge in [0, 0.05) is 23.1 Å². The first kappa shape index (κ1) is 10.7. The fourth-order valence-electron chi connectivity index (χ4n) is 1.77. The quantitative estimate of drug-likeness (QED) is 0.723. The van der Waals surface area contributed by atoms with Crippen LogP contribution in [0.4, 0.5) is 0 Å². The van der Waals surface area contributed by atoms with Crippen LogP contribution in [0, 0.1) is 12.8 Å². The van der Waals surface area contributed by atoms with Gasteiger partial charge in [-0.15, -0.1) is 0 Å². The molecule has 3 heteroatoms. The number of halogens is 1. The van der Waals surface area contributed by atoms with Crippen molar-refractivity contribution in [1.82, 2.24) is 0 Å². The van der Waals surface area contributed by atoms with Crippen molar-refractivity contribution in [3.8, 4) is 0 Å². The van der Waals surface area contributed by atoms with Crippen molar-refractivity contribution in [2.24, 2.45) is 5.92 Å². The Morgan fingerprint density at radius 1 is 1.53 bits per heavy atom. The summed E-state index contributed by atoms with van der Waals surface area (Å²) in [6.45, 7) is 3.16. The van der Waals surface area contributed by atoms with E-state index in [9.17, 15) is 4.79 Å². The van der Waals surface area contributed by atoms with Crippen molar-refractivity contribution in [3.05, 3.63) is 34.3 Å². The molecule has 0 aliphatic carbocycles. The average molecular weight is 225 g/mol. The van der Waals surface area contributed by atoms with Crippen LogP contribution in [-0.4, -0.2) is 19.0 Å². The number of carbonyl (C=O) groups is 1. The number of hydrogen-bond donors (Lipinski definition) is 0. The van der Waals surface area contributed by atoms with Gasteiger partial charge in [-0.25, -0.2) is 0 Å². The zero-order chi connectivity index (χ0) is 10.8. The molecule has 0 bridgehead atoms.